The van der Waals surface area contributed by atoms with E-state index in [1.165, 1.54) is 7.11 Å². The average Bonchev–Trinajstić information content (AvgIpc) is 2.73. The molecule has 7 nitrogen and oxygen atoms in total. The van der Waals surface area contributed by atoms with Gasteiger partial charge in [0.25, 0.3) is 0 Å². The van der Waals surface area contributed by atoms with E-state index in [1.807, 2.05) is 12.1 Å². The highest BCUT2D eigenvalue weighted by Crippen LogP contribution is 2.27. The van der Waals surface area contributed by atoms with Gasteiger partial charge in [-0.3, -0.25) is 14.6 Å². The van der Waals surface area contributed by atoms with Crippen molar-refractivity contribution in [2.24, 2.45) is 5.92 Å². The van der Waals surface area contributed by atoms with Gasteiger partial charge >= 0.3 is 11.8 Å². The van der Waals surface area contributed by atoms with E-state index in [9.17, 15) is 9.59 Å². The summed E-state index contributed by atoms with van der Waals surface area (Å²) >= 11 is 5.94. The van der Waals surface area contributed by atoms with Gasteiger partial charge in [0.2, 0.25) is 0 Å². The summed E-state index contributed by atoms with van der Waals surface area (Å²) in [4.78, 5) is 30.7. The van der Waals surface area contributed by atoms with Crippen LogP contribution < -0.4 is 20.3 Å². The summed E-state index contributed by atoms with van der Waals surface area (Å²) in [5, 5.41) is 5.71. The zero-order chi connectivity index (χ0) is 19.9. The molecule has 2 amide bonds. The maximum atomic E-state index is 12.2. The SMILES string of the molecule is COc1ccc(Cl)cc1NC(=O)C(=O)NCC1CCN(c2ccncc2)CC1. The van der Waals surface area contributed by atoms with Crippen LogP contribution in [0.4, 0.5) is 11.4 Å². The quantitative estimate of drug-likeness (QED) is 0.751. The molecule has 1 aliphatic rings. The summed E-state index contributed by atoms with van der Waals surface area (Å²) in [6.07, 6.45) is 5.48. The number of nitrogens with one attached hydrogen (secondary N) is 2. The zero-order valence-corrected chi connectivity index (χ0v) is 16.4. The Morgan fingerprint density at radius 2 is 1.89 bits per heavy atom. The fraction of sp³-hybridized carbons (Fsp3) is 0.350. The van der Waals surface area contributed by atoms with Gasteiger partial charge in [0.1, 0.15) is 5.75 Å². The number of nitrogens with zero attached hydrogens (tertiary/aromatic N) is 2. The Morgan fingerprint density at radius 1 is 1.18 bits per heavy atom. The number of ether oxygens (including phenoxy) is 1. The number of rotatable bonds is 5. The summed E-state index contributed by atoms with van der Waals surface area (Å²) < 4.78 is 5.17. The van der Waals surface area contributed by atoms with Gasteiger partial charge in [0.15, 0.2) is 0 Å². The minimum Gasteiger partial charge on any atom is -0.495 e. The van der Waals surface area contributed by atoms with Crippen molar-refractivity contribution in [2.45, 2.75) is 12.8 Å². The highest BCUT2D eigenvalue weighted by molar-refractivity contribution is 6.40. The molecule has 2 aromatic rings. The number of benzene rings is 1. The van der Waals surface area contributed by atoms with E-state index in [0.717, 1.165) is 31.6 Å². The van der Waals surface area contributed by atoms with E-state index in [2.05, 4.69) is 20.5 Å². The van der Waals surface area contributed by atoms with Crippen LogP contribution in [0.1, 0.15) is 12.8 Å². The Kier molecular flexibility index (Phi) is 6.71. The lowest BCUT2D eigenvalue weighted by Gasteiger charge is -2.33. The third-order valence-corrected chi connectivity index (χ3v) is 5.04. The molecule has 1 aromatic heterocycles. The monoisotopic (exact) mass is 402 g/mol. The van der Waals surface area contributed by atoms with Gasteiger partial charge in [-0.2, -0.15) is 0 Å². The Morgan fingerprint density at radius 3 is 2.57 bits per heavy atom. The van der Waals surface area contributed by atoms with Crippen LogP contribution in [0.2, 0.25) is 5.02 Å². The number of methoxy groups -OCH3 is 1. The predicted molar refractivity (Wildman–Crippen MR) is 109 cm³/mol. The van der Waals surface area contributed by atoms with Gasteiger partial charge in [0, 0.05) is 42.7 Å². The molecule has 0 saturated carbocycles. The zero-order valence-electron chi connectivity index (χ0n) is 15.7. The molecule has 0 atom stereocenters. The molecule has 0 spiro atoms. The lowest BCUT2D eigenvalue weighted by molar-refractivity contribution is -0.136. The normalized spacial score (nSPS) is 14.4. The average molecular weight is 403 g/mol. The highest BCUT2D eigenvalue weighted by Gasteiger charge is 2.22. The molecule has 1 aliphatic heterocycles. The number of carbonyl (C=O) groups is 2. The Balaban J connectivity index is 1.46. The molecule has 0 unspecified atom stereocenters. The first-order valence-corrected chi connectivity index (χ1v) is 9.52. The van der Waals surface area contributed by atoms with E-state index in [1.54, 1.807) is 30.6 Å². The van der Waals surface area contributed by atoms with Crippen molar-refractivity contribution in [3.63, 3.8) is 0 Å². The second-order valence-corrected chi connectivity index (χ2v) is 7.08. The van der Waals surface area contributed by atoms with Crippen molar-refractivity contribution in [1.29, 1.82) is 0 Å². The van der Waals surface area contributed by atoms with Crippen LogP contribution in [0.15, 0.2) is 42.7 Å². The van der Waals surface area contributed by atoms with Crippen molar-refractivity contribution in [3.8, 4) is 5.75 Å². The molecule has 148 valence electrons. The second-order valence-electron chi connectivity index (χ2n) is 6.64. The third-order valence-electron chi connectivity index (χ3n) is 4.81. The van der Waals surface area contributed by atoms with Crippen molar-refractivity contribution in [1.82, 2.24) is 10.3 Å². The maximum Gasteiger partial charge on any atom is 0.313 e. The van der Waals surface area contributed by atoms with E-state index in [-0.39, 0.29) is 0 Å². The lowest BCUT2D eigenvalue weighted by atomic mass is 9.96. The van der Waals surface area contributed by atoms with E-state index in [4.69, 9.17) is 16.3 Å². The third kappa shape index (κ3) is 5.13. The Hall–Kier alpha value is -2.80. The number of halogens is 1. The lowest BCUT2D eigenvalue weighted by Crippen LogP contribution is -2.41. The van der Waals surface area contributed by atoms with E-state index >= 15 is 0 Å². The van der Waals surface area contributed by atoms with Crippen molar-refractivity contribution >= 4 is 34.8 Å². The van der Waals surface area contributed by atoms with Crippen LogP contribution in [0, 0.1) is 5.92 Å². The predicted octanol–water partition coefficient (Wildman–Crippen LogP) is 2.71. The van der Waals surface area contributed by atoms with Gasteiger partial charge in [0.05, 0.1) is 12.8 Å². The van der Waals surface area contributed by atoms with Crippen molar-refractivity contribution in [2.75, 3.05) is 37.0 Å². The second kappa shape index (κ2) is 9.41. The van der Waals surface area contributed by atoms with Crippen molar-refractivity contribution < 1.29 is 14.3 Å². The number of pyridine rings is 1. The molecule has 1 saturated heterocycles. The van der Waals surface area contributed by atoms with Crippen LogP contribution in [-0.2, 0) is 9.59 Å². The first kappa shape index (κ1) is 19.9. The molecule has 28 heavy (non-hydrogen) atoms. The number of hydrogen-bond donors (Lipinski definition) is 2. The molecular formula is C20H23ClN4O3. The van der Waals surface area contributed by atoms with Gasteiger partial charge in [-0.15, -0.1) is 0 Å². The largest absolute Gasteiger partial charge is 0.495 e. The molecular weight excluding hydrogens is 380 g/mol. The van der Waals surface area contributed by atoms with Crippen LogP contribution in [0.25, 0.3) is 0 Å². The molecule has 1 aromatic carbocycles. The van der Waals surface area contributed by atoms with Crippen LogP contribution in [0.5, 0.6) is 5.75 Å². The molecule has 3 rings (SSSR count). The van der Waals surface area contributed by atoms with E-state index < -0.39 is 11.8 Å². The minimum atomic E-state index is -0.741. The van der Waals surface area contributed by atoms with Crippen LogP contribution in [-0.4, -0.2) is 43.5 Å². The summed E-state index contributed by atoms with van der Waals surface area (Å²) in [6.45, 7) is 2.30. The Bertz CT molecular complexity index is 823. The number of aromatic nitrogens is 1. The summed E-state index contributed by atoms with van der Waals surface area (Å²) in [5.74, 6) is -0.627. The molecule has 0 radical (unpaired) electrons. The van der Waals surface area contributed by atoms with Crippen molar-refractivity contribution in [3.05, 3.63) is 47.7 Å². The standard InChI is InChI=1S/C20H23ClN4O3/c1-28-18-3-2-15(21)12-17(18)24-20(27)19(26)23-13-14-6-10-25(11-7-14)16-4-8-22-9-5-16/h2-5,8-9,12,14H,6-7,10-11,13H2,1H3,(H,23,26)(H,24,27). The number of amides is 2. The van der Waals surface area contributed by atoms with Gasteiger partial charge in [-0.25, -0.2) is 0 Å². The molecule has 0 bridgehead atoms. The minimum absolute atomic E-state index is 0.343. The maximum absolute atomic E-state index is 12.2. The van der Waals surface area contributed by atoms with Gasteiger partial charge in [-0.1, -0.05) is 11.6 Å². The molecule has 2 heterocycles. The topological polar surface area (TPSA) is 83.6 Å². The molecule has 2 N–H and O–H groups in total. The van der Waals surface area contributed by atoms with Gasteiger partial charge < -0.3 is 20.3 Å². The molecule has 0 aliphatic carbocycles. The first-order chi connectivity index (χ1) is 13.6. The number of hydrogen-bond acceptors (Lipinski definition) is 5. The Labute approximate surface area is 169 Å². The molecule has 1 fully saturated rings. The summed E-state index contributed by atoms with van der Waals surface area (Å²) in [5.41, 5.74) is 1.52. The number of carbonyl (C=O) groups excluding carboxylic acids is 2. The van der Waals surface area contributed by atoms with Crippen LogP contribution in [0.3, 0.4) is 0 Å². The first-order valence-electron chi connectivity index (χ1n) is 9.14. The smallest absolute Gasteiger partial charge is 0.313 e. The van der Waals surface area contributed by atoms with Gasteiger partial charge in [-0.05, 0) is 49.1 Å². The fourth-order valence-corrected chi connectivity index (χ4v) is 3.40. The number of piperidine rings is 1. The fourth-order valence-electron chi connectivity index (χ4n) is 3.22. The molecule has 8 heteroatoms. The number of anilines is 2. The summed E-state index contributed by atoms with van der Waals surface area (Å²) in [7, 11) is 1.48. The van der Waals surface area contributed by atoms with E-state index in [0.29, 0.717) is 28.9 Å². The summed E-state index contributed by atoms with van der Waals surface area (Å²) in [6, 6.07) is 8.81. The van der Waals surface area contributed by atoms with Crippen LogP contribution >= 0.6 is 11.6 Å². The highest BCUT2D eigenvalue weighted by atomic mass is 35.5.